The Morgan fingerprint density at radius 1 is 0.361 bits per heavy atom. The van der Waals surface area contributed by atoms with Gasteiger partial charge in [0.1, 0.15) is 6.61 Å². The van der Waals surface area contributed by atoms with E-state index in [4.69, 9.17) is 9.47 Å². The molecule has 0 amide bonds. The molecule has 1 N–H and O–H groups in total. The Balaban J connectivity index is 3.42. The SMILES string of the molecule is CCCCCCCCCC/C=C\CCCCCCCCCCCC(=O)OC(CO)COC(=O)CCCCCCCCCCCCCCCCCCCCCCCCCCCC. The van der Waals surface area contributed by atoms with Crippen molar-refractivity contribution < 1.29 is 24.2 Å². The number of ether oxygens (including phenoxy) is 2. The van der Waals surface area contributed by atoms with Gasteiger partial charge in [0.15, 0.2) is 6.10 Å². The fraction of sp³-hybridized carbons (Fsp3) is 0.929. The van der Waals surface area contributed by atoms with Crippen molar-refractivity contribution in [3.8, 4) is 0 Å². The normalized spacial score (nSPS) is 12.1. The Morgan fingerprint density at radius 2 is 0.607 bits per heavy atom. The first-order valence-corrected chi connectivity index (χ1v) is 27.7. The third kappa shape index (κ3) is 51.2. The van der Waals surface area contributed by atoms with Crippen molar-refractivity contribution in [1.29, 1.82) is 0 Å². The number of esters is 2. The van der Waals surface area contributed by atoms with Crippen LogP contribution in [0.25, 0.3) is 0 Å². The van der Waals surface area contributed by atoms with Gasteiger partial charge in [-0.3, -0.25) is 9.59 Å². The Labute approximate surface area is 381 Å². The maximum absolute atomic E-state index is 12.3. The van der Waals surface area contributed by atoms with E-state index < -0.39 is 6.10 Å². The minimum absolute atomic E-state index is 0.0594. The lowest BCUT2D eigenvalue weighted by atomic mass is 10.0. The molecule has 0 spiro atoms. The van der Waals surface area contributed by atoms with Crippen LogP contribution >= 0.6 is 0 Å². The molecule has 0 aliphatic heterocycles. The number of carbonyl (C=O) groups is 2. The van der Waals surface area contributed by atoms with Crippen LogP contribution in [0.3, 0.4) is 0 Å². The summed E-state index contributed by atoms with van der Waals surface area (Å²) in [7, 11) is 0. The molecule has 0 aliphatic rings. The minimum atomic E-state index is -0.768. The molecule has 0 heterocycles. The average Bonchev–Trinajstić information content (AvgIpc) is 3.26. The van der Waals surface area contributed by atoms with Crippen LogP contribution in [0.5, 0.6) is 0 Å². The summed E-state index contributed by atoms with van der Waals surface area (Å²) < 4.78 is 10.7. The van der Waals surface area contributed by atoms with Gasteiger partial charge in [-0.05, 0) is 38.5 Å². The van der Waals surface area contributed by atoms with Crippen LogP contribution in [0.2, 0.25) is 0 Å². The van der Waals surface area contributed by atoms with Crippen LogP contribution in [-0.2, 0) is 19.1 Å². The Bertz CT molecular complexity index is 886. The second kappa shape index (κ2) is 53.0. The third-order valence-electron chi connectivity index (χ3n) is 12.8. The summed E-state index contributed by atoms with van der Waals surface area (Å²) in [5, 5.41) is 9.64. The molecule has 0 saturated carbocycles. The van der Waals surface area contributed by atoms with E-state index in [2.05, 4.69) is 26.0 Å². The van der Waals surface area contributed by atoms with Gasteiger partial charge in [-0.2, -0.15) is 0 Å². The van der Waals surface area contributed by atoms with E-state index in [1.807, 2.05) is 0 Å². The molecule has 61 heavy (non-hydrogen) atoms. The molecule has 362 valence electrons. The number of carbonyl (C=O) groups excluding carboxylic acids is 2. The van der Waals surface area contributed by atoms with Crippen molar-refractivity contribution in [3.05, 3.63) is 12.2 Å². The molecule has 0 aromatic carbocycles. The second-order valence-electron chi connectivity index (χ2n) is 19.0. The van der Waals surface area contributed by atoms with E-state index in [0.29, 0.717) is 12.8 Å². The highest BCUT2D eigenvalue weighted by Crippen LogP contribution is 2.17. The number of aliphatic hydroxyl groups is 1. The lowest BCUT2D eigenvalue weighted by Gasteiger charge is -2.15. The van der Waals surface area contributed by atoms with Crippen LogP contribution in [0.1, 0.15) is 316 Å². The maximum Gasteiger partial charge on any atom is 0.306 e. The van der Waals surface area contributed by atoms with Crippen molar-refractivity contribution in [2.75, 3.05) is 13.2 Å². The summed E-state index contributed by atoms with van der Waals surface area (Å²) in [5.74, 6) is -0.572. The number of allylic oxidation sites excluding steroid dienone is 2. The van der Waals surface area contributed by atoms with Gasteiger partial charge in [-0.1, -0.05) is 276 Å². The van der Waals surface area contributed by atoms with Crippen LogP contribution in [-0.4, -0.2) is 36.4 Å². The Hall–Kier alpha value is -1.36. The Kier molecular flexibility index (Phi) is 51.8. The topological polar surface area (TPSA) is 72.8 Å². The summed E-state index contributed by atoms with van der Waals surface area (Å²) in [6, 6.07) is 0. The quantitative estimate of drug-likeness (QED) is 0.0375. The van der Waals surface area contributed by atoms with Crippen molar-refractivity contribution in [2.45, 2.75) is 322 Å². The van der Waals surface area contributed by atoms with Crippen LogP contribution in [0, 0.1) is 0 Å². The lowest BCUT2D eigenvalue weighted by Crippen LogP contribution is -2.28. The molecule has 0 fully saturated rings. The highest BCUT2D eigenvalue weighted by molar-refractivity contribution is 5.70. The minimum Gasteiger partial charge on any atom is -0.462 e. The number of unbranched alkanes of at least 4 members (excludes halogenated alkanes) is 42. The fourth-order valence-corrected chi connectivity index (χ4v) is 8.61. The molecule has 5 heteroatoms. The van der Waals surface area contributed by atoms with Gasteiger partial charge in [-0.15, -0.1) is 0 Å². The number of rotatable bonds is 52. The standard InChI is InChI=1S/C56H108O5/c1-3-5-7-9-11-13-15-17-19-21-23-25-26-27-28-29-31-32-34-36-38-40-42-44-46-48-50-55(58)60-53-54(52-57)61-56(59)51-49-47-45-43-41-39-37-35-33-30-24-22-20-18-16-14-12-10-8-6-4-2/h22,24,54,57H,3-21,23,25-53H2,1-2H3/b24-22-. The summed E-state index contributed by atoms with van der Waals surface area (Å²) in [4.78, 5) is 24.5. The zero-order valence-electron chi connectivity index (χ0n) is 41.5. The predicted molar refractivity (Wildman–Crippen MR) is 265 cm³/mol. The summed E-state index contributed by atoms with van der Waals surface area (Å²) in [6.45, 7) is 4.19. The number of hydrogen-bond donors (Lipinski definition) is 1. The van der Waals surface area contributed by atoms with Crippen molar-refractivity contribution in [1.82, 2.24) is 0 Å². The third-order valence-corrected chi connectivity index (χ3v) is 12.8. The monoisotopic (exact) mass is 861 g/mol. The molecule has 0 radical (unpaired) electrons. The van der Waals surface area contributed by atoms with Crippen LogP contribution < -0.4 is 0 Å². The van der Waals surface area contributed by atoms with E-state index in [-0.39, 0.29) is 25.2 Å². The van der Waals surface area contributed by atoms with Gasteiger partial charge in [0.25, 0.3) is 0 Å². The highest BCUT2D eigenvalue weighted by atomic mass is 16.6. The smallest absolute Gasteiger partial charge is 0.306 e. The largest absolute Gasteiger partial charge is 0.462 e. The van der Waals surface area contributed by atoms with Crippen LogP contribution in [0.15, 0.2) is 12.2 Å². The average molecular weight is 861 g/mol. The molecular weight excluding hydrogens is 753 g/mol. The first-order chi connectivity index (χ1) is 30.1. The summed E-state index contributed by atoms with van der Waals surface area (Å²) >= 11 is 0. The lowest BCUT2D eigenvalue weighted by molar-refractivity contribution is -0.161. The van der Waals surface area contributed by atoms with Gasteiger partial charge >= 0.3 is 11.9 Å². The molecular formula is C56H108O5. The molecule has 0 aromatic rings. The zero-order valence-corrected chi connectivity index (χ0v) is 41.5. The van der Waals surface area contributed by atoms with Gasteiger partial charge in [-0.25, -0.2) is 0 Å². The molecule has 0 bridgehead atoms. The molecule has 0 aromatic heterocycles. The molecule has 5 nitrogen and oxygen atoms in total. The maximum atomic E-state index is 12.3. The van der Waals surface area contributed by atoms with E-state index >= 15 is 0 Å². The van der Waals surface area contributed by atoms with Crippen molar-refractivity contribution >= 4 is 11.9 Å². The zero-order chi connectivity index (χ0) is 44.2. The molecule has 1 unspecified atom stereocenters. The number of aliphatic hydroxyl groups excluding tert-OH is 1. The van der Waals surface area contributed by atoms with Crippen LogP contribution in [0.4, 0.5) is 0 Å². The first-order valence-electron chi connectivity index (χ1n) is 27.7. The first kappa shape index (κ1) is 59.6. The van der Waals surface area contributed by atoms with E-state index in [1.54, 1.807) is 0 Å². The molecule has 0 rings (SSSR count). The fourth-order valence-electron chi connectivity index (χ4n) is 8.61. The van der Waals surface area contributed by atoms with Gasteiger partial charge < -0.3 is 14.6 Å². The molecule has 0 saturated heterocycles. The van der Waals surface area contributed by atoms with Crippen molar-refractivity contribution in [2.24, 2.45) is 0 Å². The summed E-state index contributed by atoms with van der Waals surface area (Å²) in [6.07, 6.45) is 64.7. The van der Waals surface area contributed by atoms with Gasteiger partial charge in [0, 0.05) is 12.8 Å². The van der Waals surface area contributed by atoms with E-state index in [1.165, 1.54) is 257 Å². The van der Waals surface area contributed by atoms with E-state index in [9.17, 15) is 14.7 Å². The van der Waals surface area contributed by atoms with E-state index in [0.717, 1.165) is 32.1 Å². The highest BCUT2D eigenvalue weighted by Gasteiger charge is 2.16. The van der Waals surface area contributed by atoms with Gasteiger partial charge in [0.2, 0.25) is 0 Å². The molecule has 1 atom stereocenters. The van der Waals surface area contributed by atoms with Crippen molar-refractivity contribution in [3.63, 3.8) is 0 Å². The predicted octanol–water partition coefficient (Wildman–Crippen LogP) is 18.4. The summed E-state index contributed by atoms with van der Waals surface area (Å²) in [5.41, 5.74) is 0. The van der Waals surface area contributed by atoms with Gasteiger partial charge in [0.05, 0.1) is 6.61 Å². The second-order valence-corrected chi connectivity index (χ2v) is 19.0. The molecule has 0 aliphatic carbocycles. The number of hydrogen-bond acceptors (Lipinski definition) is 5. The Morgan fingerprint density at radius 3 is 0.885 bits per heavy atom.